The van der Waals surface area contributed by atoms with Crippen molar-refractivity contribution in [3.63, 3.8) is 0 Å². The van der Waals surface area contributed by atoms with Crippen LogP contribution in [0.1, 0.15) is 59.2 Å². The average Bonchev–Trinajstić information content (AvgIpc) is 3.41. The van der Waals surface area contributed by atoms with Crippen molar-refractivity contribution < 1.29 is 4.79 Å². The fourth-order valence-electron chi connectivity index (χ4n) is 3.26. The van der Waals surface area contributed by atoms with E-state index >= 15 is 0 Å². The summed E-state index contributed by atoms with van der Waals surface area (Å²) in [7, 11) is 0. The Bertz CT molecular complexity index is 798. The van der Waals surface area contributed by atoms with Gasteiger partial charge in [-0.25, -0.2) is 0 Å². The van der Waals surface area contributed by atoms with Crippen molar-refractivity contribution in [3.8, 4) is 6.07 Å². The van der Waals surface area contributed by atoms with Crippen LogP contribution in [-0.4, -0.2) is 26.7 Å². The van der Waals surface area contributed by atoms with Crippen molar-refractivity contribution in [1.29, 1.82) is 5.26 Å². The average molecular weight is 321 g/mol. The molecule has 1 N–H and O–H groups in total. The number of hydrogen-bond acceptors (Lipinski definition) is 4. The molecular weight excluding hydrogens is 302 g/mol. The summed E-state index contributed by atoms with van der Waals surface area (Å²) in [6.45, 7) is 0.868. The molecule has 6 heteroatoms. The minimum Gasteiger partial charge on any atom is -0.349 e. The number of carbonyl (C=O) groups excluding carboxylic acids is 1. The number of aryl methyl sites for hydroxylation is 1. The number of nitrogens with zero attached hydrogens (tertiary/aromatic N) is 4. The molecule has 2 aromatic rings. The Labute approximate surface area is 140 Å². The molecule has 0 spiro atoms. The SMILES string of the molecule is N#Cc1ccc(C(=O)NC2CCc3nnc(C4CC4)n3CC2)cc1. The van der Waals surface area contributed by atoms with Crippen LogP contribution in [0.3, 0.4) is 0 Å². The first-order valence-corrected chi connectivity index (χ1v) is 8.47. The van der Waals surface area contributed by atoms with E-state index < -0.39 is 0 Å². The van der Waals surface area contributed by atoms with Crippen molar-refractivity contribution in [2.24, 2.45) is 0 Å². The smallest absolute Gasteiger partial charge is 0.251 e. The highest BCUT2D eigenvalue weighted by Gasteiger charge is 2.31. The fourth-order valence-corrected chi connectivity index (χ4v) is 3.26. The van der Waals surface area contributed by atoms with E-state index in [1.165, 1.54) is 12.8 Å². The molecule has 1 saturated carbocycles. The largest absolute Gasteiger partial charge is 0.349 e. The number of aromatic nitrogens is 3. The van der Waals surface area contributed by atoms with Gasteiger partial charge in [-0.1, -0.05) is 0 Å². The Balaban J connectivity index is 1.41. The van der Waals surface area contributed by atoms with Gasteiger partial charge >= 0.3 is 0 Å². The maximum Gasteiger partial charge on any atom is 0.251 e. The van der Waals surface area contributed by atoms with Crippen molar-refractivity contribution in [2.75, 3.05) is 0 Å². The first-order chi connectivity index (χ1) is 11.7. The van der Waals surface area contributed by atoms with Gasteiger partial charge < -0.3 is 9.88 Å². The van der Waals surface area contributed by atoms with Crippen LogP contribution in [0.15, 0.2) is 24.3 Å². The second-order valence-corrected chi connectivity index (χ2v) is 6.59. The number of hydrogen-bond donors (Lipinski definition) is 1. The molecule has 1 unspecified atom stereocenters. The highest BCUT2D eigenvalue weighted by molar-refractivity contribution is 5.94. The molecule has 1 aromatic carbocycles. The summed E-state index contributed by atoms with van der Waals surface area (Å²) in [4.78, 5) is 12.4. The molecule has 2 heterocycles. The first-order valence-electron chi connectivity index (χ1n) is 8.47. The second kappa shape index (κ2) is 6.08. The zero-order valence-corrected chi connectivity index (χ0v) is 13.4. The molecule has 2 aliphatic rings. The van der Waals surface area contributed by atoms with E-state index in [9.17, 15) is 4.79 Å². The Morgan fingerprint density at radius 3 is 2.67 bits per heavy atom. The topological polar surface area (TPSA) is 83.6 Å². The van der Waals surface area contributed by atoms with Gasteiger partial charge in [0, 0.05) is 30.5 Å². The summed E-state index contributed by atoms with van der Waals surface area (Å²) >= 11 is 0. The molecule has 4 rings (SSSR count). The standard InChI is InChI=1S/C18H19N5O/c19-11-12-1-3-14(4-2-12)18(24)20-15-7-8-16-21-22-17(13-5-6-13)23(16)10-9-15/h1-4,13,15H,5-10H2,(H,20,24). The van der Waals surface area contributed by atoms with Gasteiger partial charge in [0.15, 0.2) is 0 Å². The molecule has 1 aliphatic heterocycles. The molecule has 24 heavy (non-hydrogen) atoms. The molecule has 0 saturated heterocycles. The predicted molar refractivity (Wildman–Crippen MR) is 87.3 cm³/mol. The summed E-state index contributed by atoms with van der Waals surface area (Å²) in [5.74, 6) is 2.69. The van der Waals surface area contributed by atoms with E-state index in [1.54, 1.807) is 24.3 Å². The summed E-state index contributed by atoms with van der Waals surface area (Å²) in [6, 6.07) is 8.94. The predicted octanol–water partition coefficient (Wildman–Crippen LogP) is 2.16. The van der Waals surface area contributed by atoms with Crippen molar-refractivity contribution in [2.45, 2.75) is 50.6 Å². The van der Waals surface area contributed by atoms with Crippen LogP contribution in [0.5, 0.6) is 0 Å². The summed E-state index contributed by atoms with van der Waals surface area (Å²) in [5, 5.41) is 20.6. The van der Waals surface area contributed by atoms with Crippen molar-refractivity contribution in [3.05, 3.63) is 47.0 Å². The van der Waals surface area contributed by atoms with Crippen LogP contribution >= 0.6 is 0 Å². The second-order valence-electron chi connectivity index (χ2n) is 6.59. The third-order valence-corrected chi connectivity index (χ3v) is 4.83. The summed E-state index contributed by atoms with van der Waals surface area (Å²) in [6.07, 6.45) is 5.06. The van der Waals surface area contributed by atoms with E-state index in [4.69, 9.17) is 5.26 Å². The van der Waals surface area contributed by atoms with Gasteiger partial charge in [-0.2, -0.15) is 5.26 Å². The quantitative estimate of drug-likeness (QED) is 0.939. The van der Waals surface area contributed by atoms with E-state index in [-0.39, 0.29) is 11.9 Å². The normalized spacial score (nSPS) is 19.9. The van der Waals surface area contributed by atoms with Gasteiger partial charge in [-0.05, 0) is 49.9 Å². The molecule has 0 radical (unpaired) electrons. The highest BCUT2D eigenvalue weighted by atomic mass is 16.1. The molecular formula is C18H19N5O. The van der Waals surface area contributed by atoms with E-state index in [2.05, 4.69) is 26.2 Å². The number of fused-ring (bicyclic) bond motifs is 1. The third-order valence-electron chi connectivity index (χ3n) is 4.83. The van der Waals surface area contributed by atoms with Gasteiger partial charge in [0.05, 0.1) is 11.6 Å². The van der Waals surface area contributed by atoms with Gasteiger partial charge in [-0.3, -0.25) is 4.79 Å². The number of nitriles is 1. The van der Waals surface area contributed by atoms with Gasteiger partial charge in [0.25, 0.3) is 5.91 Å². The third kappa shape index (κ3) is 2.90. The van der Waals surface area contributed by atoms with Crippen LogP contribution < -0.4 is 5.32 Å². The molecule has 122 valence electrons. The van der Waals surface area contributed by atoms with E-state index in [0.717, 1.165) is 37.5 Å². The fraction of sp³-hybridized carbons (Fsp3) is 0.444. The van der Waals surface area contributed by atoms with Gasteiger partial charge in [0.2, 0.25) is 0 Å². The maximum absolute atomic E-state index is 12.4. The molecule has 1 aliphatic carbocycles. The molecule has 0 bridgehead atoms. The van der Waals surface area contributed by atoms with Crippen molar-refractivity contribution >= 4 is 5.91 Å². The van der Waals surface area contributed by atoms with E-state index in [1.807, 2.05) is 0 Å². The van der Waals surface area contributed by atoms with Crippen LogP contribution in [0.25, 0.3) is 0 Å². The zero-order valence-electron chi connectivity index (χ0n) is 13.4. The van der Waals surface area contributed by atoms with E-state index in [0.29, 0.717) is 17.0 Å². The molecule has 6 nitrogen and oxygen atoms in total. The lowest BCUT2D eigenvalue weighted by molar-refractivity contribution is 0.0933. The molecule has 1 atom stereocenters. The highest BCUT2D eigenvalue weighted by Crippen LogP contribution is 2.39. The minimum atomic E-state index is -0.0791. The molecule has 1 fully saturated rings. The van der Waals surface area contributed by atoms with Gasteiger partial charge in [0.1, 0.15) is 11.6 Å². The molecule has 1 aromatic heterocycles. The Kier molecular flexibility index (Phi) is 3.77. The monoisotopic (exact) mass is 321 g/mol. The van der Waals surface area contributed by atoms with Crippen LogP contribution in [0, 0.1) is 11.3 Å². The Morgan fingerprint density at radius 2 is 1.96 bits per heavy atom. The van der Waals surface area contributed by atoms with Crippen LogP contribution in [0.4, 0.5) is 0 Å². The molecule has 1 amide bonds. The lowest BCUT2D eigenvalue weighted by Crippen LogP contribution is -2.35. The summed E-state index contributed by atoms with van der Waals surface area (Å²) < 4.78 is 2.26. The van der Waals surface area contributed by atoms with Crippen molar-refractivity contribution in [1.82, 2.24) is 20.1 Å². The maximum atomic E-state index is 12.4. The first kappa shape index (κ1) is 14.9. The summed E-state index contributed by atoms with van der Waals surface area (Å²) in [5.41, 5.74) is 1.16. The van der Waals surface area contributed by atoms with Crippen LogP contribution in [0.2, 0.25) is 0 Å². The lowest BCUT2D eigenvalue weighted by atomic mass is 10.1. The number of rotatable bonds is 3. The number of amides is 1. The van der Waals surface area contributed by atoms with Gasteiger partial charge in [-0.15, -0.1) is 10.2 Å². The zero-order chi connectivity index (χ0) is 16.5. The number of nitrogens with one attached hydrogen (secondary N) is 1. The lowest BCUT2D eigenvalue weighted by Gasteiger charge is -2.16. The van der Waals surface area contributed by atoms with Crippen LogP contribution in [-0.2, 0) is 13.0 Å². The number of carbonyl (C=O) groups is 1. The number of benzene rings is 1. The Morgan fingerprint density at radius 1 is 1.17 bits per heavy atom. The minimum absolute atomic E-state index is 0.0791. The Hall–Kier alpha value is -2.68.